The van der Waals surface area contributed by atoms with Gasteiger partial charge in [-0.3, -0.25) is 4.90 Å². The van der Waals surface area contributed by atoms with Crippen molar-refractivity contribution in [1.29, 1.82) is 0 Å². The summed E-state index contributed by atoms with van der Waals surface area (Å²) >= 11 is 0. The van der Waals surface area contributed by atoms with Gasteiger partial charge < -0.3 is 10.7 Å². The van der Waals surface area contributed by atoms with Crippen LogP contribution in [0.3, 0.4) is 0 Å². The van der Waals surface area contributed by atoms with Gasteiger partial charge in [0, 0.05) is 11.7 Å². The van der Waals surface area contributed by atoms with Crippen molar-refractivity contribution < 1.29 is 0 Å². The van der Waals surface area contributed by atoms with Gasteiger partial charge in [0.1, 0.15) is 5.82 Å². The molecular weight excluding hydrogens is 212 g/mol. The number of nitrogens with zero attached hydrogens (tertiary/aromatic N) is 2. The number of nitrogens with two attached hydrogens (primary N) is 1. The molecule has 3 rings (SSSR count). The molecule has 1 fully saturated rings. The van der Waals surface area contributed by atoms with Crippen LogP contribution < -0.4 is 5.73 Å². The van der Waals surface area contributed by atoms with Crippen molar-refractivity contribution >= 4 is 16.7 Å². The predicted molar refractivity (Wildman–Crippen MR) is 69.6 cm³/mol. The van der Waals surface area contributed by atoms with Crippen molar-refractivity contribution in [3.63, 3.8) is 0 Å². The number of nitrogens with one attached hydrogen (secondary N) is 1. The number of H-pyrrole nitrogens is 1. The normalized spacial score (nSPS) is 15.9. The van der Waals surface area contributed by atoms with Crippen molar-refractivity contribution in [2.45, 2.75) is 32.4 Å². The standard InChI is InChI=1S/C13H18N4/c1-2-17(10-4-5-10)8-13-15-11-6-3-9(14)7-12(11)16-13/h3,6-7,10H,2,4-5,8,14H2,1H3,(H,15,16). The lowest BCUT2D eigenvalue weighted by molar-refractivity contribution is 0.263. The Labute approximate surface area is 101 Å². The second kappa shape index (κ2) is 4.04. The van der Waals surface area contributed by atoms with E-state index in [1.54, 1.807) is 0 Å². The summed E-state index contributed by atoms with van der Waals surface area (Å²) < 4.78 is 0. The number of aromatic nitrogens is 2. The van der Waals surface area contributed by atoms with E-state index in [0.717, 1.165) is 41.7 Å². The SMILES string of the molecule is CCN(Cc1nc2ccc(N)cc2[nH]1)C1CC1. The van der Waals surface area contributed by atoms with E-state index in [2.05, 4.69) is 21.8 Å². The maximum atomic E-state index is 5.76. The zero-order chi connectivity index (χ0) is 11.8. The molecule has 0 amide bonds. The number of imidazole rings is 1. The van der Waals surface area contributed by atoms with E-state index in [1.165, 1.54) is 12.8 Å². The molecule has 0 aliphatic heterocycles. The monoisotopic (exact) mass is 230 g/mol. The zero-order valence-corrected chi connectivity index (χ0v) is 10.1. The Hall–Kier alpha value is -1.55. The summed E-state index contributed by atoms with van der Waals surface area (Å²) in [7, 11) is 0. The Morgan fingerprint density at radius 3 is 3.00 bits per heavy atom. The summed E-state index contributed by atoms with van der Waals surface area (Å²) in [4.78, 5) is 10.4. The minimum atomic E-state index is 0.776. The van der Waals surface area contributed by atoms with E-state index in [0.29, 0.717) is 0 Å². The maximum Gasteiger partial charge on any atom is 0.121 e. The molecule has 1 aliphatic rings. The van der Waals surface area contributed by atoms with Crippen molar-refractivity contribution in [3.05, 3.63) is 24.0 Å². The van der Waals surface area contributed by atoms with Crippen molar-refractivity contribution in [2.75, 3.05) is 12.3 Å². The van der Waals surface area contributed by atoms with Crippen LogP contribution in [0.25, 0.3) is 11.0 Å². The third-order valence-electron chi connectivity index (χ3n) is 3.38. The third-order valence-corrected chi connectivity index (χ3v) is 3.38. The quantitative estimate of drug-likeness (QED) is 0.791. The van der Waals surface area contributed by atoms with E-state index in [-0.39, 0.29) is 0 Å². The first-order chi connectivity index (χ1) is 8.26. The predicted octanol–water partition coefficient (Wildman–Crippen LogP) is 2.13. The lowest BCUT2D eigenvalue weighted by Gasteiger charge is -2.17. The summed E-state index contributed by atoms with van der Waals surface area (Å²) in [5, 5.41) is 0. The average Bonchev–Trinajstić information content (AvgIpc) is 3.07. The summed E-state index contributed by atoms with van der Waals surface area (Å²) in [5.41, 5.74) is 8.58. The fourth-order valence-corrected chi connectivity index (χ4v) is 2.29. The van der Waals surface area contributed by atoms with Gasteiger partial charge in [-0.15, -0.1) is 0 Å². The van der Waals surface area contributed by atoms with Crippen molar-refractivity contribution in [2.24, 2.45) is 0 Å². The van der Waals surface area contributed by atoms with E-state index >= 15 is 0 Å². The lowest BCUT2D eigenvalue weighted by Crippen LogP contribution is -2.25. The van der Waals surface area contributed by atoms with Crippen LogP contribution in [0.1, 0.15) is 25.6 Å². The highest BCUT2D eigenvalue weighted by molar-refractivity contribution is 5.78. The van der Waals surface area contributed by atoms with E-state index in [4.69, 9.17) is 5.73 Å². The third kappa shape index (κ3) is 2.13. The van der Waals surface area contributed by atoms with Gasteiger partial charge in [-0.2, -0.15) is 0 Å². The molecule has 1 aliphatic carbocycles. The molecule has 17 heavy (non-hydrogen) atoms. The van der Waals surface area contributed by atoms with Crippen LogP contribution >= 0.6 is 0 Å². The topological polar surface area (TPSA) is 57.9 Å². The number of hydrogen-bond donors (Lipinski definition) is 2. The molecule has 0 bridgehead atoms. The lowest BCUT2D eigenvalue weighted by atomic mass is 10.3. The highest BCUT2D eigenvalue weighted by Crippen LogP contribution is 2.27. The number of anilines is 1. The Morgan fingerprint density at radius 1 is 1.47 bits per heavy atom. The minimum Gasteiger partial charge on any atom is -0.399 e. The number of hydrogen-bond acceptors (Lipinski definition) is 3. The summed E-state index contributed by atoms with van der Waals surface area (Å²) in [6.07, 6.45) is 2.67. The first-order valence-electron chi connectivity index (χ1n) is 6.24. The fourth-order valence-electron chi connectivity index (χ4n) is 2.29. The van der Waals surface area contributed by atoms with Gasteiger partial charge in [-0.05, 0) is 37.6 Å². The first-order valence-corrected chi connectivity index (χ1v) is 6.24. The van der Waals surface area contributed by atoms with Crippen LogP contribution in [0.5, 0.6) is 0 Å². The number of nitrogen functional groups attached to an aromatic ring is 1. The number of rotatable bonds is 4. The second-order valence-corrected chi connectivity index (χ2v) is 4.75. The molecule has 0 unspecified atom stereocenters. The van der Waals surface area contributed by atoms with Gasteiger partial charge >= 0.3 is 0 Å². The first kappa shape index (κ1) is 10.6. The second-order valence-electron chi connectivity index (χ2n) is 4.75. The van der Waals surface area contributed by atoms with Crippen LogP contribution in [0, 0.1) is 0 Å². The summed E-state index contributed by atoms with van der Waals surface area (Å²) in [6, 6.07) is 6.58. The minimum absolute atomic E-state index is 0.776. The van der Waals surface area contributed by atoms with E-state index in [1.807, 2.05) is 18.2 Å². The van der Waals surface area contributed by atoms with Crippen molar-refractivity contribution in [3.8, 4) is 0 Å². The molecule has 0 saturated heterocycles. The largest absolute Gasteiger partial charge is 0.399 e. The van der Waals surface area contributed by atoms with E-state index in [9.17, 15) is 0 Å². The van der Waals surface area contributed by atoms with Crippen LogP contribution in [0.15, 0.2) is 18.2 Å². The molecule has 1 heterocycles. The maximum absolute atomic E-state index is 5.76. The highest BCUT2D eigenvalue weighted by Gasteiger charge is 2.28. The molecule has 1 aromatic carbocycles. The molecule has 4 nitrogen and oxygen atoms in total. The Balaban J connectivity index is 1.84. The van der Waals surface area contributed by atoms with Gasteiger partial charge in [0.05, 0.1) is 17.6 Å². The van der Waals surface area contributed by atoms with Gasteiger partial charge in [-0.25, -0.2) is 4.98 Å². The summed E-state index contributed by atoms with van der Waals surface area (Å²) in [6.45, 7) is 4.21. The molecule has 0 atom stereocenters. The molecule has 3 N–H and O–H groups in total. The van der Waals surface area contributed by atoms with Gasteiger partial charge in [0.25, 0.3) is 0 Å². The number of aromatic amines is 1. The van der Waals surface area contributed by atoms with Gasteiger partial charge in [-0.1, -0.05) is 6.92 Å². The molecule has 4 heteroatoms. The van der Waals surface area contributed by atoms with Gasteiger partial charge in [0.15, 0.2) is 0 Å². The molecule has 90 valence electrons. The Bertz CT molecular complexity index is 527. The van der Waals surface area contributed by atoms with Crippen molar-refractivity contribution in [1.82, 2.24) is 14.9 Å². The zero-order valence-electron chi connectivity index (χ0n) is 10.1. The summed E-state index contributed by atoms with van der Waals surface area (Å²) in [5.74, 6) is 1.04. The molecule has 0 spiro atoms. The van der Waals surface area contributed by atoms with E-state index < -0.39 is 0 Å². The van der Waals surface area contributed by atoms with Crippen LogP contribution in [-0.4, -0.2) is 27.5 Å². The fraction of sp³-hybridized carbons (Fsp3) is 0.462. The number of benzene rings is 1. The van der Waals surface area contributed by atoms with Gasteiger partial charge in [0.2, 0.25) is 0 Å². The van der Waals surface area contributed by atoms with Crippen LogP contribution in [0.2, 0.25) is 0 Å². The number of fused-ring (bicyclic) bond motifs is 1. The molecule has 1 saturated carbocycles. The highest BCUT2D eigenvalue weighted by atomic mass is 15.2. The molecule has 2 aromatic rings. The van der Waals surface area contributed by atoms with Crippen LogP contribution in [0.4, 0.5) is 5.69 Å². The molecular formula is C13H18N4. The smallest absolute Gasteiger partial charge is 0.121 e. The Kier molecular flexibility index (Phi) is 2.52. The average molecular weight is 230 g/mol. The Morgan fingerprint density at radius 2 is 2.29 bits per heavy atom. The molecule has 1 aromatic heterocycles. The van der Waals surface area contributed by atoms with Crippen LogP contribution in [-0.2, 0) is 6.54 Å². The molecule has 0 radical (unpaired) electrons.